The van der Waals surface area contributed by atoms with Crippen LogP contribution in [0.5, 0.6) is 5.75 Å². The van der Waals surface area contributed by atoms with E-state index in [0.717, 1.165) is 5.56 Å². The molecule has 7 nitrogen and oxygen atoms in total. The van der Waals surface area contributed by atoms with Crippen LogP contribution in [0.3, 0.4) is 0 Å². The second-order valence-electron chi connectivity index (χ2n) is 4.77. The zero-order valence-corrected chi connectivity index (χ0v) is 13.1. The Kier molecular flexibility index (Phi) is 4.48. The highest BCUT2D eigenvalue weighted by Gasteiger charge is 2.10. The number of benzene rings is 2. The Morgan fingerprint density at radius 3 is 2.88 bits per heavy atom. The number of anilines is 1. The molecular weight excluding hydrogens is 328 g/mol. The minimum absolute atomic E-state index is 0.0114. The van der Waals surface area contributed by atoms with E-state index in [9.17, 15) is 15.2 Å². The maximum absolute atomic E-state index is 10.9. The van der Waals surface area contributed by atoms with Crippen molar-refractivity contribution >= 4 is 28.4 Å². The molecule has 1 aromatic heterocycles. The van der Waals surface area contributed by atoms with Gasteiger partial charge in [-0.15, -0.1) is 11.3 Å². The first-order chi connectivity index (χ1) is 11.6. The van der Waals surface area contributed by atoms with Crippen LogP contribution in [0, 0.1) is 10.1 Å². The minimum atomic E-state index is -0.454. The van der Waals surface area contributed by atoms with Gasteiger partial charge in [0.1, 0.15) is 5.75 Å². The molecule has 0 saturated heterocycles. The number of rotatable bonds is 5. The molecule has 0 fully saturated rings. The average Bonchev–Trinajstić information content (AvgIpc) is 3.04. The fourth-order valence-corrected chi connectivity index (χ4v) is 2.71. The largest absolute Gasteiger partial charge is 0.508 e. The third-order valence-corrected chi connectivity index (χ3v) is 3.89. The molecule has 2 aromatic carbocycles. The van der Waals surface area contributed by atoms with Crippen LogP contribution in [0.25, 0.3) is 11.3 Å². The van der Waals surface area contributed by atoms with E-state index in [4.69, 9.17) is 0 Å². The summed E-state index contributed by atoms with van der Waals surface area (Å²) in [6.45, 7) is 0. The third kappa shape index (κ3) is 3.55. The van der Waals surface area contributed by atoms with Crippen LogP contribution in [0.2, 0.25) is 0 Å². The van der Waals surface area contributed by atoms with E-state index in [2.05, 4.69) is 15.5 Å². The van der Waals surface area contributed by atoms with Crippen molar-refractivity contribution in [2.24, 2.45) is 5.10 Å². The van der Waals surface area contributed by atoms with Crippen LogP contribution in [-0.4, -0.2) is 21.2 Å². The number of phenols is 1. The SMILES string of the molecule is O=[N+]([O-])c1ccccc1/C=N\Nc1nc(-c2cccc(O)c2)cs1. The lowest BCUT2D eigenvalue weighted by molar-refractivity contribution is -0.385. The Morgan fingerprint density at radius 2 is 2.08 bits per heavy atom. The van der Waals surface area contributed by atoms with Crippen LogP contribution in [0.15, 0.2) is 59.0 Å². The van der Waals surface area contributed by atoms with Crippen molar-refractivity contribution < 1.29 is 10.0 Å². The Morgan fingerprint density at radius 1 is 1.25 bits per heavy atom. The molecule has 1 heterocycles. The van der Waals surface area contributed by atoms with Gasteiger partial charge in [0.05, 0.1) is 22.4 Å². The summed E-state index contributed by atoms with van der Waals surface area (Å²) in [5, 5.41) is 26.8. The van der Waals surface area contributed by atoms with Crippen LogP contribution in [0.1, 0.15) is 5.56 Å². The number of hydrazone groups is 1. The highest BCUT2D eigenvalue weighted by Crippen LogP contribution is 2.27. The number of thiazole rings is 1. The molecule has 0 amide bonds. The van der Waals surface area contributed by atoms with Gasteiger partial charge >= 0.3 is 0 Å². The van der Waals surface area contributed by atoms with Crippen molar-refractivity contribution in [2.75, 3.05) is 5.43 Å². The fraction of sp³-hybridized carbons (Fsp3) is 0. The second-order valence-corrected chi connectivity index (χ2v) is 5.63. The summed E-state index contributed by atoms with van der Waals surface area (Å²) in [5.74, 6) is 0.171. The molecule has 0 aliphatic carbocycles. The second kappa shape index (κ2) is 6.88. The number of hydrogen-bond donors (Lipinski definition) is 2. The van der Waals surface area contributed by atoms with Crippen molar-refractivity contribution in [1.29, 1.82) is 0 Å². The number of nitrogens with zero attached hydrogens (tertiary/aromatic N) is 3. The summed E-state index contributed by atoms with van der Waals surface area (Å²) >= 11 is 1.34. The number of phenolic OH excluding ortho intramolecular Hbond substituents is 1. The van der Waals surface area contributed by atoms with Crippen molar-refractivity contribution in [1.82, 2.24) is 4.98 Å². The summed E-state index contributed by atoms with van der Waals surface area (Å²) in [6, 6.07) is 13.1. The lowest BCUT2D eigenvalue weighted by Crippen LogP contribution is -1.96. The smallest absolute Gasteiger partial charge is 0.278 e. The van der Waals surface area contributed by atoms with Gasteiger partial charge < -0.3 is 5.11 Å². The van der Waals surface area contributed by atoms with Gasteiger partial charge in [0.15, 0.2) is 0 Å². The molecule has 0 bridgehead atoms. The summed E-state index contributed by atoms with van der Waals surface area (Å²) < 4.78 is 0. The molecule has 0 spiro atoms. The number of hydrogen-bond acceptors (Lipinski definition) is 7. The van der Waals surface area contributed by atoms with Crippen molar-refractivity contribution in [3.05, 3.63) is 69.6 Å². The molecule has 24 heavy (non-hydrogen) atoms. The van der Waals surface area contributed by atoms with Crippen molar-refractivity contribution in [3.8, 4) is 17.0 Å². The summed E-state index contributed by atoms with van der Waals surface area (Å²) in [4.78, 5) is 14.8. The van der Waals surface area contributed by atoms with Crippen molar-refractivity contribution in [3.63, 3.8) is 0 Å². The van der Waals surface area contributed by atoms with E-state index in [1.54, 1.807) is 36.4 Å². The van der Waals surface area contributed by atoms with Crippen LogP contribution < -0.4 is 5.43 Å². The molecule has 0 unspecified atom stereocenters. The van der Waals surface area contributed by atoms with Gasteiger partial charge in [-0.1, -0.05) is 24.3 Å². The molecule has 0 aliphatic rings. The van der Waals surface area contributed by atoms with Gasteiger partial charge in [0, 0.05) is 17.0 Å². The van der Waals surface area contributed by atoms with Crippen LogP contribution >= 0.6 is 11.3 Å². The summed E-state index contributed by atoms with van der Waals surface area (Å²) in [5.41, 5.74) is 4.65. The van der Waals surface area contributed by atoms with E-state index in [0.29, 0.717) is 16.4 Å². The Hall–Kier alpha value is -3.26. The van der Waals surface area contributed by atoms with Gasteiger partial charge in [0.2, 0.25) is 5.13 Å². The third-order valence-electron chi connectivity index (χ3n) is 3.14. The highest BCUT2D eigenvalue weighted by molar-refractivity contribution is 7.14. The molecular formula is C16H12N4O3S. The Bertz CT molecular complexity index is 908. The minimum Gasteiger partial charge on any atom is -0.508 e. The maximum atomic E-state index is 10.9. The molecule has 3 rings (SSSR count). The Balaban J connectivity index is 1.73. The predicted octanol–water partition coefficient (Wildman–Crippen LogP) is 3.87. The quantitative estimate of drug-likeness (QED) is 0.417. The molecule has 0 saturated carbocycles. The first-order valence-electron chi connectivity index (χ1n) is 6.91. The monoisotopic (exact) mass is 340 g/mol. The standard InChI is InChI=1S/C16H12N4O3S/c21-13-6-3-5-11(8-13)14-10-24-16(18-14)19-17-9-12-4-1-2-7-15(12)20(22)23/h1-10,21H,(H,18,19)/b17-9-. The van der Waals surface area contributed by atoms with Crippen molar-refractivity contribution in [2.45, 2.75) is 0 Å². The lowest BCUT2D eigenvalue weighted by atomic mass is 10.2. The average molecular weight is 340 g/mol. The first kappa shape index (κ1) is 15.6. The van der Waals surface area contributed by atoms with Gasteiger partial charge in [-0.05, 0) is 18.2 Å². The van der Waals surface area contributed by atoms with E-state index < -0.39 is 4.92 Å². The molecule has 0 radical (unpaired) electrons. The van der Waals surface area contributed by atoms with E-state index in [1.165, 1.54) is 23.6 Å². The lowest BCUT2D eigenvalue weighted by Gasteiger charge is -1.98. The number of para-hydroxylation sites is 1. The summed E-state index contributed by atoms with van der Waals surface area (Å²) in [6.07, 6.45) is 1.38. The first-order valence-corrected chi connectivity index (χ1v) is 7.79. The molecule has 8 heteroatoms. The normalized spacial score (nSPS) is 10.8. The fourth-order valence-electron chi connectivity index (χ4n) is 2.04. The highest BCUT2D eigenvalue weighted by atomic mass is 32.1. The van der Waals surface area contributed by atoms with Gasteiger partial charge in [-0.3, -0.25) is 15.5 Å². The Labute approximate surface area is 141 Å². The molecule has 3 aromatic rings. The number of nitro benzene ring substituents is 1. The number of nitrogens with one attached hydrogen (secondary N) is 1. The van der Waals surface area contributed by atoms with E-state index in [1.807, 2.05) is 11.4 Å². The van der Waals surface area contributed by atoms with E-state index >= 15 is 0 Å². The summed E-state index contributed by atoms with van der Waals surface area (Å²) in [7, 11) is 0. The molecule has 0 atom stereocenters. The molecule has 2 N–H and O–H groups in total. The topological polar surface area (TPSA) is 101 Å². The zero-order chi connectivity index (χ0) is 16.9. The molecule has 120 valence electrons. The number of nitro groups is 1. The maximum Gasteiger partial charge on any atom is 0.278 e. The molecule has 0 aliphatic heterocycles. The van der Waals surface area contributed by atoms with E-state index in [-0.39, 0.29) is 11.4 Å². The van der Waals surface area contributed by atoms with Crippen LogP contribution in [-0.2, 0) is 0 Å². The number of aromatic nitrogens is 1. The number of aromatic hydroxyl groups is 1. The zero-order valence-electron chi connectivity index (χ0n) is 12.3. The van der Waals surface area contributed by atoms with Gasteiger partial charge in [-0.2, -0.15) is 5.10 Å². The van der Waals surface area contributed by atoms with Crippen LogP contribution in [0.4, 0.5) is 10.8 Å². The predicted molar refractivity (Wildman–Crippen MR) is 93.5 cm³/mol. The van der Waals surface area contributed by atoms with Gasteiger partial charge in [0.25, 0.3) is 5.69 Å². The van der Waals surface area contributed by atoms with Gasteiger partial charge in [-0.25, -0.2) is 4.98 Å².